The lowest BCUT2D eigenvalue weighted by molar-refractivity contribution is -0.121. The fourth-order valence-corrected chi connectivity index (χ4v) is 3.46. The van der Waals surface area contributed by atoms with Gasteiger partial charge < -0.3 is 15.5 Å². The number of hydrogen-bond acceptors (Lipinski definition) is 3. The van der Waals surface area contributed by atoms with Gasteiger partial charge in [0.15, 0.2) is 0 Å². The molecule has 7 heteroatoms. The van der Waals surface area contributed by atoms with Gasteiger partial charge in [0.25, 0.3) is 0 Å². The topological polar surface area (TPSA) is 79.3 Å². The van der Waals surface area contributed by atoms with Crippen LogP contribution in [0.2, 0.25) is 0 Å². The molecule has 4 rings (SSSR count). The maximum atomic E-state index is 12.7. The van der Waals surface area contributed by atoms with Gasteiger partial charge in [-0.1, -0.05) is 24.3 Å². The lowest BCUT2D eigenvalue weighted by Crippen LogP contribution is -2.43. The van der Waals surface area contributed by atoms with E-state index in [1.54, 1.807) is 15.8 Å². The van der Waals surface area contributed by atoms with Crippen molar-refractivity contribution in [1.29, 1.82) is 0 Å². The first-order valence-corrected chi connectivity index (χ1v) is 9.71. The molecule has 0 aliphatic carbocycles. The number of likely N-dealkylation sites (tertiary alicyclic amines) is 1. The summed E-state index contributed by atoms with van der Waals surface area (Å²) < 4.78 is 1.75. The number of anilines is 2. The zero-order valence-electron chi connectivity index (χ0n) is 16.0. The summed E-state index contributed by atoms with van der Waals surface area (Å²) in [6.07, 6.45) is 4.86. The fourth-order valence-electron chi connectivity index (χ4n) is 3.46. The Labute approximate surface area is 169 Å². The number of carbonyl (C=O) groups excluding carboxylic acids is 2. The Kier molecular flexibility index (Phi) is 5.56. The minimum absolute atomic E-state index is 0.00858. The van der Waals surface area contributed by atoms with Crippen molar-refractivity contribution in [2.45, 2.75) is 12.8 Å². The molecule has 0 radical (unpaired) electrons. The summed E-state index contributed by atoms with van der Waals surface area (Å²) in [6.45, 7) is 1.12. The second-order valence-electron chi connectivity index (χ2n) is 7.05. The van der Waals surface area contributed by atoms with Crippen molar-refractivity contribution in [3.63, 3.8) is 0 Å². The Morgan fingerprint density at radius 3 is 2.38 bits per heavy atom. The predicted molar refractivity (Wildman–Crippen MR) is 112 cm³/mol. The number of urea groups is 1. The molecule has 1 aliphatic rings. The van der Waals surface area contributed by atoms with Crippen molar-refractivity contribution in [1.82, 2.24) is 14.7 Å². The van der Waals surface area contributed by atoms with Crippen molar-refractivity contribution < 1.29 is 9.59 Å². The number of benzene rings is 2. The monoisotopic (exact) mass is 389 g/mol. The van der Waals surface area contributed by atoms with E-state index in [9.17, 15) is 9.59 Å². The van der Waals surface area contributed by atoms with Crippen LogP contribution in [-0.2, 0) is 4.79 Å². The van der Waals surface area contributed by atoms with Gasteiger partial charge in [-0.05, 0) is 49.2 Å². The summed E-state index contributed by atoms with van der Waals surface area (Å²) in [7, 11) is 0. The smallest absolute Gasteiger partial charge is 0.321 e. The van der Waals surface area contributed by atoms with Crippen molar-refractivity contribution in [2.75, 3.05) is 23.7 Å². The molecule has 1 aliphatic heterocycles. The Hall–Kier alpha value is -3.61. The van der Waals surface area contributed by atoms with E-state index in [2.05, 4.69) is 15.7 Å². The molecule has 0 atom stereocenters. The average molecular weight is 389 g/mol. The van der Waals surface area contributed by atoms with Crippen LogP contribution in [0.25, 0.3) is 5.69 Å². The van der Waals surface area contributed by atoms with E-state index in [4.69, 9.17) is 0 Å². The molecule has 1 aromatic heterocycles. The van der Waals surface area contributed by atoms with Gasteiger partial charge in [0, 0.05) is 42.8 Å². The summed E-state index contributed by atoms with van der Waals surface area (Å²) >= 11 is 0. The fraction of sp³-hybridized carbons (Fsp3) is 0.227. The summed E-state index contributed by atoms with van der Waals surface area (Å²) in [6, 6.07) is 18.7. The SMILES string of the molecule is O=C(Nc1cccc(-n2cccn2)c1)C1CCN(C(=O)Nc2ccccc2)CC1. The first-order chi connectivity index (χ1) is 14.2. The molecular formula is C22H23N5O2. The quantitative estimate of drug-likeness (QED) is 0.713. The molecule has 2 aromatic carbocycles. The van der Waals surface area contributed by atoms with E-state index >= 15 is 0 Å². The third-order valence-electron chi connectivity index (χ3n) is 5.06. The van der Waals surface area contributed by atoms with Gasteiger partial charge in [0.2, 0.25) is 5.91 Å². The van der Waals surface area contributed by atoms with Crippen LogP contribution in [0.15, 0.2) is 73.1 Å². The summed E-state index contributed by atoms with van der Waals surface area (Å²) in [5, 5.41) is 10.1. The van der Waals surface area contributed by atoms with Crippen molar-refractivity contribution in [3.8, 4) is 5.69 Å². The van der Waals surface area contributed by atoms with Crippen LogP contribution in [0, 0.1) is 5.92 Å². The van der Waals surface area contributed by atoms with Crippen LogP contribution in [0.5, 0.6) is 0 Å². The molecule has 148 valence electrons. The van der Waals surface area contributed by atoms with Crippen LogP contribution >= 0.6 is 0 Å². The molecule has 2 heterocycles. The Balaban J connectivity index is 1.30. The first kappa shape index (κ1) is 18.7. The lowest BCUT2D eigenvalue weighted by atomic mass is 9.96. The van der Waals surface area contributed by atoms with Crippen LogP contribution in [0.4, 0.5) is 16.2 Å². The second kappa shape index (κ2) is 8.60. The van der Waals surface area contributed by atoms with Gasteiger partial charge in [0.1, 0.15) is 0 Å². The minimum atomic E-state index is -0.123. The Bertz CT molecular complexity index is 964. The average Bonchev–Trinajstić information content (AvgIpc) is 3.30. The largest absolute Gasteiger partial charge is 0.326 e. The minimum Gasteiger partial charge on any atom is -0.326 e. The highest BCUT2D eigenvalue weighted by Crippen LogP contribution is 2.21. The summed E-state index contributed by atoms with van der Waals surface area (Å²) in [4.78, 5) is 26.8. The van der Waals surface area contributed by atoms with Crippen molar-refractivity contribution >= 4 is 23.3 Å². The molecule has 0 saturated carbocycles. The van der Waals surface area contributed by atoms with E-state index in [-0.39, 0.29) is 17.9 Å². The molecule has 0 unspecified atom stereocenters. The molecule has 1 fully saturated rings. The highest BCUT2D eigenvalue weighted by atomic mass is 16.2. The molecular weight excluding hydrogens is 366 g/mol. The Morgan fingerprint density at radius 1 is 0.897 bits per heavy atom. The number of hydrogen-bond donors (Lipinski definition) is 2. The van der Waals surface area contributed by atoms with Gasteiger partial charge >= 0.3 is 6.03 Å². The van der Waals surface area contributed by atoms with Gasteiger partial charge in [-0.25, -0.2) is 9.48 Å². The van der Waals surface area contributed by atoms with Crippen LogP contribution < -0.4 is 10.6 Å². The second-order valence-corrected chi connectivity index (χ2v) is 7.05. The maximum absolute atomic E-state index is 12.7. The van der Waals surface area contributed by atoms with E-state index in [0.717, 1.165) is 17.1 Å². The van der Waals surface area contributed by atoms with Gasteiger partial charge in [-0.15, -0.1) is 0 Å². The van der Waals surface area contributed by atoms with Crippen molar-refractivity contribution in [3.05, 3.63) is 73.1 Å². The number of aromatic nitrogens is 2. The molecule has 7 nitrogen and oxygen atoms in total. The molecule has 3 aromatic rings. The molecule has 2 N–H and O–H groups in total. The zero-order valence-corrected chi connectivity index (χ0v) is 16.0. The van der Waals surface area contributed by atoms with E-state index in [1.165, 1.54) is 0 Å². The zero-order chi connectivity index (χ0) is 20.1. The number of amides is 3. The van der Waals surface area contributed by atoms with Crippen LogP contribution in [0.3, 0.4) is 0 Å². The number of nitrogens with zero attached hydrogens (tertiary/aromatic N) is 3. The number of piperidine rings is 1. The number of nitrogens with one attached hydrogen (secondary N) is 2. The Morgan fingerprint density at radius 2 is 1.66 bits per heavy atom. The highest BCUT2D eigenvalue weighted by molar-refractivity contribution is 5.93. The van der Waals surface area contributed by atoms with Gasteiger partial charge in [-0.2, -0.15) is 5.10 Å². The van der Waals surface area contributed by atoms with Crippen LogP contribution in [0.1, 0.15) is 12.8 Å². The number of rotatable bonds is 4. The standard InChI is InChI=1S/C22H23N5O2/c28-21(24-19-8-4-9-20(16-19)27-13-5-12-23-27)17-10-14-26(15-11-17)22(29)25-18-6-2-1-3-7-18/h1-9,12-13,16-17H,10-11,14-15H2,(H,24,28)(H,25,29). The number of carbonyl (C=O) groups is 2. The van der Waals surface area contributed by atoms with E-state index in [1.807, 2.05) is 66.9 Å². The molecule has 1 saturated heterocycles. The lowest BCUT2D eigenvalue weighted by Gasteiger charge is -2.31. The molecule has 29 heavy (non-hydrogen) atoms. The third-order valence-corrected chi connectivity index (χ3v) is 5.06. The van der Waals surface area contributed by atoms with Gasteiger partial charge in [-0.3, -0.25) is 4.79 Å². The maximum Gasteiger partial charge on any atom is 0.321 e. The molecule has 3 amide bonds. The predicted octanol–water partition coefficient (Wildman–Crippen LogP) is 3.75. The first-order valence-electron chi connectivity index (χ1n) is 9.71. The van der Waals surface area contributed by atoms with Gasteiger partial charge in [0.05, 0.1) is 5.69 Å². The van der Waals surface area contributed by atoms with Crippen molar-refractivity contribution in [2.24, 2.45) is 5.92 Å². The molecule has 0 spiro atoms. The van der Waals surface area contributed by atoms with E-state index in [0.29, 0.717) is 25.9 Å². The summed E-state index contributed by atoms with van der Waals surface area (Å²) in [5.74, 6) is -0.116. The summed E-state index contributed by atoms with van der Waals surface area (Å²) in [5.41, 5.74) is 2.40. The van der Waals surface area contributed by atoms with E-state index < -0.39 is 0 Å². The molecule has 0 bridgehead atoms. The highest BCUT2D eigenvalue weighted by Gasteiger charge is 2.27. The normalized spacial score (nSPS) is 14.4. The third kappa shape index (κ3) is 4.63. The number of para-hydroxylation sites is 1. The van der Waals surface area contributed by atoms with Crippen LogP contribution in [-0.4, -0.2) is 39.7 Å².